The van der Waals surface area contributed by atoms with Crippen LogP contribution in [0.1, 0.15) is 35.4 Å². The van der Waals surface area contributed by atoms with Crippen LogP contribution in [0, 0.1) is 0 Å². The summed E-state index contributed by atoms with van der Waals surface area (Å²) >= 11 is 0. The lowest BCUT2D eigenvalue weighted by Gasteiger charge is -2.38. The third kappa shape index (κ3) is 4.64. The lowest BCUT2D eigenvalue weighted by molar-refractivity contribution is 0.0654. The van der Waals surface area contributed by atoms with Gasteiger partial charge in [-0.2, -0.15) is 0 Å². The maximum absolute atomic E-state index is 13.2. The fourth-order valence-corrected chi connectivity index (χ4v) is 3.34. The maximum Gasteiger partial charge on any atom is 0.257 e. The molecule has 0 radical (unpaired) electrons. The quantitative estimate of drug-likeness (QED) is 0.633. The van der Waals surface area contributed by atoms with Gasteiger partial charge in [-0.25, -0.2) is 0 Å². The van der Waals surface area contributed by atoms with E-state index in [1.807, 2.05) is 60.4 Å². The molecule has 0 aromatic heterocycles. The van der Waals surface area contributed by atoms with Crippen LogP contribution in [0.2, 0.25) is 0 Å². The molecule has 1 atom stereocenters. The van der Waals surface area contributed by atoms with E-state index < -0.39 is 0 Å². The van der Waals surface area contributed by atoms with Gasteiger partial charge in [0, 0.05) is 38.1 Å². The van der Waals surface area contributed by atoms with Crippen LogP contribution >= 0.6 is 0 Å². The predicted octanol–water partition coefficient (Wildman–Crippen LogP) is 3.70. The average molecular weight is 384 g/mol. The number of nitrogens with zero attached hydrogens (tertiary/aromatic N) is 1. The summed E-state index contributed by atoms with van der Waals surface area (Å²) in [5.74, 6) is 0.767. The highest BCUT2D eigenvalue weighted by Gasteiger charge is 2.33. The van der Waals surface area contributed by atoms with Gasteiger partial charge in [0.05, 0.1) is 12.2 Å². The molecule has 0 saturated heterocycles. The van der Waals surface area contributed by atoms with Gasteiger partial charge in [0.25, 0.3) is 5.91 Å². The standard InChI is InChI=1S/C22H28N2O4/c1-3-27-15-16-28-20-12-7-5-10-18(20)21-23-19-11-6-4-9-17(19)22(25)24(21)13-8-14-26-2/h4-7,9-12,21,23H,3,8,13-16H2,1-2H3. The zero-order valence-electron chi connectivity index (χ0n) is 16.5. The van der Waals surface area contributed by atoms with Crippen molar-refractivity contribution in [2.24, 2.45) is 0 Å². The number of ether oxygens (including phenoxy) is 3. The summed E-state index contributed by atoms with van der Waals surface area (Å²) in [5, 5.41) is 3.52. The van der Waals surface area contributed by atoms with E-state index in [2.05, 4.69) is 5.32 Å². The van der Waals surface area contributed by atoms with Crippen molar-refractivity contribution in [3.63, 3.8) is 0 Å². The summed E-state index contributed by atoms with van der Waals surface area (Å²) in [6.07, 6.45) is 0.457. The molecule has 1 aliphatic rings. The molecule has 1 N–H and O–H groups in total. The first kappa shape index (κ1) is 20.2. The van der Waals surface area contributed by atoms with E-state index >= 15 is 0 Å². The molecule has 0 aliphatic carbocycles. The van der Waals surface area contributed by atoms with Crippen LogP contribution in [-0.4, -0.2) is 50.9 Å². The number of methoxy groups -OCH3 is 1. The van der Waals surface area contributed by atoms with Gasteiger partial charge in [-0.3, -0.25) is 4.79 Å². The van der Waals surface area contributed by atoms with Crippen LogP contribution in [0.5, 0.6) is 5.75 Å². The molecular formula is C22H28N2O4. The second kappa shape index (κ2) is 10.1. The number of rotatable bonds is 10. The molecule has 2 aromatic rings. The van der Waals surface area contributed by atoms with E-state index in [4.69, 9.17) is 14.2 Å². The maximum atomic E-state index is 13.2. The van der Waals surface area contributed by atoms with E-state index in [1.165, 1.54) is 0 Å². The second-order valence-corrected chi connectivity index (χ2v) is 6.52. The number of carbonyl (C=O) groups excluding carboxylic acids is 1. The Labute approximate surface area is 166 Å². The van der Waals surface area contributed by atoms with Gasteiger partial charge in [0.2, 0.25) is 0 Å². The minimum atomic E-state index is -0.303. The number of hydrogen-bond donors (Lipinski definition) is 1. The zero-order valence-corrected chi connectivity index (χ0v) is 16.5. The molecule has 0 fully saturated rings. The Balaban J connectivity index is 1.88. The molecule has 2 aromatic carbocycles. The molecule has 6 heteroatoms. The third-order valence-corrected chi connectivity index (χ3v) is 4.67. The largest absolute Gasteiger partial charge is 0.491 e. The molecule has 1 heterocycles. The molecule has 6 nitrogen and oxygen atoms in total. The normalized spacial score (nSPS) is 15.9. The minimum absolute atomic E-state index is 0.0135. The van der Waals surface area contributed by atoms with E-state index in [-0.39, 0.29) is 12.1 Å². The minimum Gasteiger partial charge on any atom is -0.491 e. The second-order valence-electron chi connectivity index (χ2n) is 6.52. The highest BCUT2D eigenvalue weighted by molar-refractivity contribution is 6.01. The van der Waals surface area contributed by atoms with Gasteiger partial charge in [-0.1, -0.05) is 30.3 Å². The monoisotopic (exact) mass is 384 g/mol. The van der Waals surface area contributed by atoms with Gasteiger partial charge in [-0.05, 0) is 31.5 Å². The summed E-state index contributed by atoms with van der Waals surface area (Å²) < 4.78 is 16.5. The Morgan fingerprint density at radius 2 is 1.82 bits per heavy atom. The van der Waals surface area contributed by atoms with E-state index in [0.717, 1.165) is 23.4 Å². The molecule has 150 valence electrons. The average Bonchev–Trinajstić information content (AvgIpc) is 2.73. The number of anilines is 1. The summed E-state index contributed by atoms with van der Waals surface area (Å²) in [5.41, 5.74) is 2.45. The van der Waals surface area contributed by atoms with E-state index in [1.54, 1.807) is 7.11 Å². The van der Waals surface area contributed by atoms with E-state index in [0.29, 0.717) is 38.5 Å². The van der Waals surface area contributed by atoms with Crippen molar-refractivity contribution in [1.82, 2.24) is 4.90 Å². The van der Waals surface area contributed by atoms with Gasteiger partial charge < -0.3 is 24.4 Å². The van der Waals surface area contributed by atoms with Crippen molar-refractivity contribution in [3.05, 3.63) is 59.7 Å². The Hall–Kier alpha value is -2.57. The Bertz CT molecular complexity index is 781. The summed E-state index contributed by atoms with van der Waals surface area (Å²) in [4.78, 5) is 15.0. The van der Waals surface area contributed by atoms with Crippen molar-refractivity contribution >= 4 is 11.6 Å². The number of amides is 1. The summed E-state index contributed by atoms with van der Waals surface area (Å²) in [6, 6.07) is 15.4. The molecule has 1 aliphatic heterocycles. The van der Waals surface area contributed by atoms with Crippen LogP contribution in [0.15, 0.2) is 48.5 Å². The van der Waals surface area contributed by atoms with E-state index in [9.17, 15) is 4.79 Å². The Kier molecular flexibility index (Phi) is 7.28. The first-order valence-corrected chi connectivity index (χ1v) is 9.71. The lowest BCUT2D eigenvalue weighted by atomic mass is 10.0. The number of benzene rings is 2. The van der Waals surface area contributed by atoms with Crippen LogP contribution in [0.4, 0.5) is 5.69 Å². The summed E-state index contributed by atoms with van der Waals surface area (Å²) in [6.45, 7) is 4.80. The molecule has 28 heavy (non-hydrogen) atoms. The third-order valence-electron chi connectivity index (χ3n) is 4.67. The first-order valence-electron chi connectivity index (χ1n) is 9.71. The van der Waals surface area contributed by atoms with Crippen molar-refractivity contribution in [3.8, 4) is 5.75 Å². The van der Waals surface area contributed by atoms with Crippen LogP contribution in [0.25, 0.3) is 0 Å². The zero-order chi connectivity index (χ0) is 19.8. The van der Waals surface area contributed by atoms with Gasteiger partial charge in [-0.15, -0.1) is 0 Å². The van der Waals surface area contributed by atoms with Crippen LogP contribution < -0.4 is 10.1 Å². The SMILES string of the molecule is CCOCCOc1ccccc1C1Nc2ccccc2C(=O)N1CCCOC. The fourth-order valence-electron chi connectivity index (χ4n) is 3.34. The smallest absolute Gasteiger partial charge is 0.257 e. The topological polar surface area (TPSA) is 60.0 Å². The van der Waals surface area contributed by atoms with Crippen molar-refractivity contribution in [2.75, 3.05) is 45.4 Å². The first-order chi connectivity index (χ1) is 13.8. The highest BCUT2D eigenvalue weighted by Crippen LogP contribution is 2.36. The highest BCUT2D eigenvalue weighted by atomic mass is 16.5. The molecule has 1 unspecified atom stereocenters. The van der Waals surface area contributed by atoms with Crippen LogP contribution in [0.3, 0.4) is 0 Å². The number of para-hydroxylation sites is 2. The Morgan fingerprint density at radius 1 is 1.04 bits per heavy atom. The molecule has 0 bridgehead atoms. The molecular weight excluding hydrogens is 356 g/mol. The van der Waals surface area contributed by atoms with Crippen molar-refractivity contribution in [2.45, 2.75) is 19.5 Å². The van der Waals surface area contributed by atoms with Crippen LogP contribution in [-0.2, 0) is 9.47 Å². The van der Waals surface area contributed by atoms with Crippen molar-refractivity contribution in [1.29, 1.82) is 0 Å². The number of fused-ring (bicyclic) bond motifs is 1. The molecule has 0 spiro atoms. The Morgan fingerprint density at radius 3 is 2.64 bits per heavy atom. The van der Waals surface area contributed by atoms with Gasteiger partial charge in [0.1, 0.15) is 18.5 Å². The number of nitrogens with one attached hydrogen (secondary N) is 1. The molecule has 3 rings (SSSR count). The predicted molar refractivity (Wildman–Crippen MR) is 109 cm³/mol. The number of carbonyl (C=O) groups is 1. The number of hydrogen-bond acceptors (Lipinski definition) is 5. The molecule has 1 amide bonds. The summed E-state index contributed by atoms with van der Waals surface area (Å²) in [7, 11) is 1.67. The van der Waals surface area contributed by atoms with Gasteiger partial charge >= 0.3 is 0 Å². The van der Waals surface area contributed by atoms with Gasteiger partial charge in [0.15, 0.2) is 0 Å². The van der Waals surface area contributed by atoms with Crippen molar-refractivity contribution < 1.29 is 19.0 Å². The lowest BCUT2D eigenvalue weighted by Crippen LogP contribution is -2.43. The molecule has 0 saturated carbocycles. The fraction of sp³-hybridized carbons (Fsp3) is 0.409.